The number of carbonyl (C=O) groups excluding carboxylic acids is 2. The standard InChI is InChI=1S/C25H29NO4S/c1-6-8-18-9-11-19(12-10-18)21-17(5)31-24(22(21)25(28)29-13-7-2)26-23(27)20-14-15(3)30-16(20)4/h9-12,14H,6-8,13H2,1-5H3,(H,26,27). The Morgan fingerprint density at radius 1 is 1.06 bits per heavy atom. The van der Waals surface area contributed by atoms with Crippen LogP contribution < -0.4 is 5.32 Å². The summed E-state index contributed by atoms with van der Waals surface area (Å²) in [7, 11) is 0. The number of amides is 1. The molecule has 5 nitrogen and oxygen atoms in total. The number of benzene rings is 1. The fourth-order valence-electron chi connectivity index (χ4n) is 3.60. The number of furan rings is 1. The normalized spacial score (nSPS) is 10.9. The minimum atomic E-state index is -0.422. The smallest absolute Gasteiger partial charge is 0.341 e. The van der Waals surface area contributed by atoms with Crippen molar-refractivity contribution < 1.29 is 18.7 Å². The molecular weight excluding hydrogens is 410 g/mol. The molecule has 0 spiro atoms. The Hall–Kier alpha value is -2.86. The van der Waals surface area contributed by atoms with Gasteiger partial charge < -0.3 is 14.5 Å². The first-order valence-corrected chi connectivity index (χ1v) is 11.5. The fourth-order valence-corrected chi connectivity index (χ4v) is 4.65. The minimum Gasteiger partial charge on any atom is -0.466 e. The molecule has 6 heteroatoms. The Morgan fingerprint density at radius 2 is 1.77 bits per heavy atom. The zero-order chi connectivity index (χ0) is 22.5. The second-order valence-corrected chi connectivity index (χ2v) is 8.83. The molecule has 0 radical (unpaired) electrons. The molecule has 2 aromatic heterocycles. The average Bonchev–Trinajstić information content (AvgIpc) is 3.25. The molecule has 0 bridgehead atoms. The maximum Gasteiger partial charge on any atom is 0.341 e. The Kier molecular flexibility index (Phi) is 7.33. The topological polar surface area (TPSA) is 68.5 Å². The Balaban J connectivity index is 2.02. The van der Waals surface area contributed by atoms with Gasteiger partial charge in [0.25, 0.3) is 5.91 Å². The molecule has 0 aliphatic carbocycles. The predicted octanol–water partition coefficient (Wildman–Crippen LogP) is 6.70. The highest BCUT2D eigenvalue weighted by atomic mass is 32.1. The van der Waals surface area contributed by atoms with Crippen molar-refractivity contribution in [3.8, 4) is 11.1 Å². The first kappa shape index (κ1) is 22.8. The van der Waals surface area contributed by atoms with Crippen molar-refractivity contribution in [2.75, 3.05) is 11.9 Å². The highest BCUT2D eigenvalue weighted by molar-refractivity contribution is 7.17. The summed E-state index contributed by atoms with van der Waals surface area (Å²) in [6.07, 6.45) is 2.82. The van der Waals surface area contributed by atoms with Gasteiger partial charge in [0.2, 0.25) is 0 Å². The van der Waals surface area contributed by atoms with Crippen LogP contribution in [0.25, 0.3) is 11.1 Å². The molecule has 1 amide bonds. The molecule has 0 aliphatic rings. The highest BCUT2D eigenvalue weighted by Gasteiger charge is 2.26. The van der Waals surface area contributed by atoms with E-state index in [1.54, 1.807) is 19.9 Å². The lowest BCUT2D eigenvalue weighted by Crippen LogP contribution is -2.15. The van der Waals surface area contributed by atoms with E-state index in [2.05, 4.69) is 24.4 Å². The molecule has 3 aromatic rings. The fraction of sp³-hybridized carbons (Fsp3) is 0.360. The van der Waals surface area contributed by atoms with Gasteiger partial charge in [-0.3, -0.25) is 4.79 Å². The van der Waals surface area contributed by atoms with Crippen LogP contribution in [0.2, 0.25) is 0 Å². The van der Waals surface area contributed by atoms with Crippen LogP contribution in [0.3, 0.4) is 0 Å². The van der Waals surface area contributed by atoms with Crippen molar-refractivity contribution in [3.05, 3.63) is 63.4 Å². The highest BCUT2D eigenvalue weighted by Crippen LogP contribution is 2.41. The lowest BCUT2D eigenvalue weighted by atomic mass is 9.99. The van der Waals surface area contributed by atoms with Gasteiger partial charge in [-0.25, -0.2) is 4.79 Å². The van der Waals surface area contributed by atoms with Crippen molar-refractivity contribution in [3.63, 3.8) is 0 Å². The summed E-state index contributed by atoms with van der Waals surface area (Å²) < 4.78 is 11.0. The van der Waals surface area contributed by atoms with Gasteiger partial charge >= 0.3 is 5.97 Å². The lowest BCUT2D eigenvalue weighted by Gasteiger charge is -2.10. The van der Waals surface area contributed by atoms with Gasteiger partial charge in [-0.05, 0) is 50.8 Å². The number of nitrogens with one attached hydrogen (secondary N) is 1. The molecule has 2 heterocycles. The summed E-state index contributed by atoms with van der Waals surface area (Å²) in [4.78, 5) is 26.8. The second kappa shape index (κ2) is 9.96. The molecule has 0 aliphatic heterocycles. The molecular formula is C25H29NO4S. The molecule has 31 heavy (non-hydrogen) atoms. The van der Waals surface area contributed by atoms with E-state index in [9.17, 15) is 9.59 Å². The summed E-state index contributed by atoms with van der Waals surface area (Å²) in [5.41, 5.74) is 3.87. The Morgan fingerprint density at radius 3 is 2.35 bits per heavy atom. The van der Waals surface area contributed by atoms with E-state index in [0.29, 0.717) is 34.3 Å². The third-order valence-corrected chi connectivity index (χ3v) is 6.04. The van der Waals surface area contributed by atoms with Gasteiger partial charge in [0.05, 0.1) is 12.2 Å². The van der Waals surface area contributed by atoms with Gasteiger partial charge in [0.1, 0.15) is 22.1 Å². The van der Waals surface area contributed by atoms with Crippen LogP contribution in [-0.2, 0) is 11.2 Å². The second-order valence-electron chi connectivity index (χ2n) is 7.60. The molecule has 0 saturated carbocycles. The molecule has 164 valence electrons. The van der Waals surface area contributed by atoms with Gasteiger partial charge in [-0.2, -0.15) is 0 Å². The number of anilines is 1. The zero-order valence-electron chi connectivity index (χ0n) is 18.8. The number of esters is 1. The van der Waals surface area contributed by atoms with Crippen LogP contribution >= 0.6 is 11.3 Å². The molecule has 1 aromatic carbocycles. The molecule has 0 unspecified atom stereocenters. The van der Waals surface area contributed by atoms with E-state index in [1.807, 2.05) is 26.0 Å². The van der Waals surface area contributed by atoms with Gasteiger partial charge in [-0.15, -0.1) is 11.3 Å². The lowest BCUT2D eigenvalue weighted by molar-refractivity contribution is 0.0507. The summed E-state index contributed by atoms with van der Waals surface area (Å²) in [5, 5.41) is 3.41. The largest absolute Gasteiger partial charge is 0.466 e. The Bertz CT molecular complexity index is 1080. The molecule has 3 rings (SSSR count). The van der Waals surface area contributed by atoms with Crippen LogP contribution in [0.15, 0.2) is 34.7 Å². The third-order valence-electron chi connectivity index (χ3n) is 5.02. The van der Waals surface area contributed by atoms with Crippen molar-refractivity contribution in [2.24, 2.45) is 0 Å². The van der Waals surface area contributed by atoms with Crippen LogP contribution in [0.1, 0.15) is 69.4 Å². The number of thiophene rings is 1. The van der Waals surface area contributed by atoms with Gasteiger partial charge in [0.15, 0.2) is 0 Å². The quantitative estimate of drug-likeness (QED) is 0.396. The van der Waals surface area contributed by atoms with Crippen molar-refractivity contribution in [1.82, 2.24) is 0 Å². The van der Waals surface area contributed by atoms with Crippen LogP contribution in [0, 0.1) is 20.8 Å². The van der Waals surface area contributed by atoms with E-state index in [1.165, 1.54) is 16.9 Å². The van der Waals surface area contributed by atoms with E-state index < -0.39 is 5.97 Å². The monoisotopic (exact) mass is 439 g/mol. The van der Waals surface area contributed by atoms with Crippen molar-refractivity contribution in [1.29, 1.82) is 0 Å². The molecule has 0 fully saturated rings. The van der Waals surface area contributed by atoms with Crippen LogP contribution in [-0.4, -0.2) is 18.5 Å². The molecule has 1 N–H and O–H groups in total. The maximum absolute atomic E-state index is 13.0. The Labute approximate surface area is 187 Å². The van der Waals surface area contributed by atoms with Gasteiger partial charge in [0, 0.05) is 10.4 Å². The average molecular weight is 440 g/mol. The molecule has 0 atom stereocenters. The number of carbonyl (C=O) groups is 2. The first-order chi connectivity index (χ1) is 14.8. The number of aryl methyl sites for hydroxylation is 4. The van der Waals surface area contributed by atoms with Gasteiger partial charge in [-0.1, -0.05) is 44.5 Å². The SMILES string of the molecule is CCCOC(=O)c1c(NC(=O)c2cc(C)oc2C)sc(C)c1-c1ccc(CCC)cc1. The van der Waals surface area contributed by atoms with Crippen LogP contribution in [0.5, 0.6) is 0 Å². The van der Waals surface area contributed by atoms with Crippen molar-refractivity contribution >= 4 is 28.2 Å². The number of hydrogen-bond acceptors (Lipinski definition) is 5. The summed E-state index contributed by atoms with van der Waals surface area (Å²) in [6, 6.07) is 9.95. The van der Waals surface area contributed by atoms with E-state index >= 15 is 0 Å². The minimum absolute atomic E-state index is 0.301. The number of hydrogen-bond donors (Lipinski definition) is 1. The first-order valence-electron chi connectivity index (χ1n) is 10.6. The number of rotatable bonds is 8. The maximum atomic E-state index is 13.0. The third kappa shape index (κ3) is 5.07. The summed E-state index contributed by atoms with van der Waals surface area (Å²) in [6.45, 7) is 9.94. The number of ether oxygens (including phenoxy) is 1. The summed E-state index contributed by atoms with van der Waals surface area (Å²) in [5.74, 6) is 0.491. The van der Waals surface area contributed by atoms with Crippen LogP contribution in [0.4, 0.5) is 5.00 Å². The predicted molar refractivity (Wildman–Crippen MR) is 125 cm³/mol. The summed E-state index contributed by atoms with van der Waals surface area (Å²) >= 11 is 1.38. The zero-order valence-corrected chi connectivity index (χ0v) is 19.6. The van der Waals surface area contributed by atoms with E-state index in [-0.39, 0.29) is 5.91 Å². The van der Waals surface area contributed by atoms with Crippen molar-refractivity contribution in [2.45, 2.75) is 53.9 Å². The van der Waals surface area contributed by atoms with E-state index in [4.69, 9.17) is 9.15 Å². The van der Waals surface area contributed by atoms with E-state index in [0.717, 1.165) is 35.3 Å². The molecule has 0 saturated heterocycles.